The first-order valence-corrected chi connectivity index (χ1v) is 5.80. The Kier molecular flexibility index (Phi) is 3.76. The van der Waals surface area contributed by atoms with Gasteiger partial charge in [-0.2, -0.15) is 0 Å². The van der Waals surface area contributed by atoms with Gasteiger partial charge in [0.15, 0.2) is 0 Å². The lowest BCUT2D eigenvalue weighted by atomic mass is 9.95. The van der Waals surface area contributed by atoms with Crippen molar-refractivity contribution in [2.24, 2.45) is 0 Å². The molecule has 1 aromatic rings. The topological polar surface area (TPSA) is 58.6 Å². The maximum atomic E-state index is 11.3. The zero-order chi connectivity index (χ0) is 12.3. The van der Waals surface area contributed by atoms with E-state index < -0.39 is 0 Å². The van der Waals surface area contributed by atoms with Gasteiger partial charge in [0.25, 0.3) is 0 Å². The predicted molar refractivity (Wildman–Crippen MR) is 63.8 cm³/mol. The molecule has 1 aliphatic heterocycles. The van der Waals surface area contributed by atoms with Crippen LogP contribution in [0.4, 0.5) is 0 Å². The minimum atomic E-state index is -0.326. The lowest BCUT2D eigenvalue weighted by Gasteiger charge is -2.27. The summed E-state index contributed by atoms with van der Waals surface area (Å²) in [6.07, 6.45) is 1.29. The fourth-order valence-corrected chi connectivity index (χ4v) is 2.12. The van der Waals surface area contributed by atoms with E-state index in [0.717, 1.165) is 24.9 Å². The van der Waals surface area contributed by atoms with E-state index in [1.807, 2.05) is 12.1 Å². The van der Waals surface area contributed by atoms with E-state index in [0.29, 0.717) is 5.56 Å². The van der Waals surface area contributed by atoms with E-state index in [1.165, 1.54) is 7.11 Å². The number of methoxy groups -OCH3 is 1. The number of aliphatic hydroxyl groups excluding tert-OH is 1. The number of hydrogen-bond acceptors (Lipinski definition) is 4. The van der Waals surface area contributed by atoms with Crippen molar-refractivity contribution in [3.63, 3.8) is 0 Å². The highest BCUT2D eigenvalue weighted by Crippen LogP contribution is 2.23. The number of carbonyl (C=O) groups excluding carboxylic acids is 1. The van der Waals surface area contributed by atoms with Gasteiger partial charge in [-0.3, -0.25) is 0 Å². The maximum absolute atomic E-state index is 11.3. The van der Waals surface area contributed by atoms with Crippen molar-refractivity contribution in [1.82, 2.24) is 5.32 Å². The molecule has 1 heterocycles. The first-order valence-electron chi connectivity index (χ1n) is 5.80. The molecule has 0 bridgehead atoms. The molecule has 4 heteroatoms. The smallest absolute Gasteiger partial charge is 0.337 e. The largest absolute Gasteiger partial charge is 0.465 e. The molecule has 1 aromatic carbocycles. The average molecular weight is 235 g/mol. The molecule has 0 amide bonds. The van der Waals surface area contributed by atoms with Crippen LogP contribution in [0.5, 0.6) is 0 Å². The van der Waals surface area contributed by atoms with Gasteiger partial charge in [0.1, 0.15) is 0 Å². The van der Waals surface area contributed by atoms with Crippen molar-refractivity contribution in [3.8, 4) is 0 Å². The first kappa shape index (κ1) is 12.1. The molecule has 1 aliphatic rings. The number of esters is 1. The molecule has 1 saturated heterocycles. The molecule has 4 nitrogen and oxygen atoms in total. The van der Waals surface area contributed by atoms with Crippen LogP contribution in [0.25, 0.3) is 0 Å². The molecule has 0 unspecified atom stereocenters. The van der Waals surface area contributed by atoms with Crippen molar-refractivity contribution in [2.75, 3.05) is 13.7 Å². The zero-order valence-electron chi connectivity index (χ0n) is 9.85. The van der Waals surface area contributed by atoms with Crippen molar-refractivity contribution in [2.45, 2.75) is 25.0 Å². The van der Waals surface area contributed by atoms with E-state index >= 15 is 0 Å². The molecule has 2 atom stereocenters. The van der Waals surface area contributed by atoms with Crippen LogP contribution in [0.15, 0.2) is 24.3 Å². The molecule has 0 aromatic heterocycles. The van der Waals surface area contributed by atoms with E-state index in [-0.39, 0.29) is 18.1 Å². The number of ether oxygens (including phenoxy) is 1. The van der Waals surface area contributed by atoms with Gasteiger partial charge in [0, 0.05) is 6.04 Å². The molecular weight excluding hydrogens is 218 g/mol. The van der Waals surface area contributed by atoms with Crippen molar-refractivity contribution in [3.05, 3.63) is 35.4 Å². The summed E-state index contributed by atoms with van der Waals surface area (Å²) in [5, 5.41) is 13.0. The first-order chi connectivity index (χ1) is 8.20. The Hall–Kier alpha value is -1.39. The van der Waals surface area contributed by atoms with Gasteiger partial charge in [-0.1, -0.05) is 12.1 Å². The second kappa shape index (κ2) is 5.29. The minimum Gasteiger partial charge on any atom is -0.465 e. The molecular formula is C13H17NO3. The fourth-order valence-electron chi connectivity index (χ4n) is 2.12. The number of piperidine rings is 1. The highest BCUT2D eigenvalue weighted by molar-refractivity contribution is 5.89. The second-order valence-corrected chi connectivity index (χ2v) is 4.30. The average Bonchev–Trinajstić information content (AvgIpc) is 2.38. The number of benzene rings is 1. The van der Waals surface area contributed by atoms with Crippen LogP contribution >= 0.6 is 0 Å². The van der Waals surface area contributed by atoms with E-state index in [1.54, 1.807) is 12.1 Å². The molecule has 0 aliphatic carbocycles. The van der Waals surface area contributed by atoms with Gasteiger partial charge in [-0.05, 0) is 37.1 Å². The number of hydrogen-bond donors (Lipinski definition) is 2. The van der Waals surface area contributed by atoms with Gasteiger partial charge in [-0.15, -0.1) is 0 Å². The Balaban J connectivity index is 2.09. The Morgan fingerprint density at radius 1 is 1.41 bits per heavy atom. The standard InChI is InChI=1S/C13H17NO3/c1-17-13(16)10-4-2-9(3-5-10)12-8-11(15)6-7-14-12/h2-5,11-12,14-15H,6-8H2,1H3/t11-,12-/m1/s1. The highest BCUT2D eigenvalue weighted by Gasteiger charge is 2.20. The van der Waals surface area contributed by atoms with Crippen LogP contribution in [0, 0.1) is 0 Å². The van der Waals surface area contributed by atoms with E-state index in [4.69, 9.17) is 0 Å². The molecule has 2 N–H and O–H groups in total. The van der Waals surface area contributed by atoms with Gasteiger partial charge in [0.2, 0.25) is 0 Å². The van der Waals surface area contributed by atoms with Crippen LogP contribution in [0.1, 0.15) is 34.8 Å². The molecule has 1 fully saturated rings. The molecule has 17 heavy (non-hydrogen) atoms. The zero-order valence-corrected chi connectivity index (χ0v) is 9.85. The quantitative estimate of drug-likeness (QED) is 0.758. The Bertz CT molecular complexity index is 388. The maximum Gasteiger partial charge on any atom is 0.337 e. The lowest BCUT2D eigenvalue weighted by Crippen LogP contribution is -2.34. The predicted octanol–water partition coefficient (Wildman–Crippen LogP) is 1.26. The summed E-state index contributed by atoms with van der Waals surface area (Å²) in [6.45, 7) is 0.824. The van der Waals surface area contributed by atoms with E-state index in [9.17, 15) is 9.90 Å². The van der Waals surface area contributed by atoms with Crippen molar-refractivity contribution >= 4 is 5.97 Å². The van der Waals surface area contributed by atoms with Crippen LogP contribution in [0.2, 0.25) is 0 Å². The Labute approximate surface area is 101 Å². The summed E-state index contributed by atoms with van der Waals surface area (Å²) in [5.41, 5.74) is 1.64. The summed E-state index contributed by atoms with van der Waals surface area (Å²) in [4.78, 5) is 11.3. The molecule has 2 rings (SSSR count). The third kappa shape index (κ3) is 2.84. The summed E-state index contributed by atoms with van der Waals surface area (Å²) < 4.78 is 4.64. The fraction of sp³-hybridized carbons (Fsp3) is 0.462. The summed E-state index contributed by atoms with van der Waals surface area (Å²) >= 11 is 0. The van der Waals surface area contributed by atoms with Gasteiger partial charge >= 0.3 is 5.97 Å². The number of aliphatic hydroxyl groups is 1. The highest BCUT2D eigenvalue weighted by atomic mass is 16.5. The normalized spacial score (nSPS) is 24.4. The molecule has 0 saturated carbocycles. The minimum absolute atomic E-state index is 0.172. The Morgan fingerprint density at radius 2 is 2.12 bits per heavy atom. The van der Waals surface area contributed by atoms with Gasteiger partial charge in [-0.25, -0.2) is 4.79 Å². The van der Waals surface area contributed by atoms with Crippen molar-refractivity contribution in [1.29, 1.82) is 0 Å². The molecule has 0 radical (unpaired) electrons. The number of rotatable bonds is 2. The molecule has 92 valence electrons. The third-order valence-corrected chi connectivity index (χ3v) is 3.11. The van der Waals surface area contributed by atoms with E-state index in [2.05, 4.69) is 10.1 Å². The molecule has 0 spiro atoms. The van der Waals surface area contributed by atoms with Gasteiger partial charge < -0.3 is 15.2 Å². The monoisotopic (exact) mass is 235 g/mol. The lowest BCUT2D eigenvalue weighted by molar-refractivity contribution is 0.0600. The number of carbonyl (C=O) groups is 1. The SMILES string of the molecule is COC(=O)c1ccc([C@H]2C[C@H](O)CCN2)cc1. The van der Waals surface area contributed by atoms with Crippen LogP contribution in [-0.2, 0) is 4.74 Å². The van der Waals surface area contributed by atoms with Crippen molar-refractivity contribution < 1.29 is 14.6 Å². The summed E-state index contributed by atoms with van der Waals surface area (Å²) in [5.74, 6) is -0.326. The second-order valence-electron chi connectivity index (χ2n) is 4.30. The third-order valence-electron chi connectivity index (χ3n) is 3.11. The Morgan fingerprint density at radius 3 is 2.71 bits per heavy atom. The van der Waals surface area contributed by atoms with Crippen LogP contribution < -0.4 is 5.32 Å². The summed E-state index contributed by atoms with van der Waals surface area (Å²) in [6, 6.07) is 7.49. The van der Waals surface area contributed by atoms with Crippen LogP contribution in [-0.4, -0.2) is 30.8 Å². The summed E-state index contributed by atoms with van der Waals surface area (Å²) in [7, 11) is 1.37. The number of nitrogens with one attached hydrogen (secondary N) is 1. The van der Waals surface area contributed by atoms with Crippen LogP contribution in [0.3, 0.4) is 0 Å². The van der Waals surface area contributed by atoms with Gasteiger partial charge in [0.05, 0.1) is 18.8 Å².